The Morgan fingerprint density at radius 1 is 0.922 bits per heavy atom. The maximum absolute atomic E-state index is 14.9. The van der Waals surface area contributed by atoms with Gasteiger partial charge in [-0.25, -0.2) is 9.79 Å². The summed E-state index contributed by atoms with van der Waals surface area (Å²) in [6.45, 7) is 26.8. The van der Waals surface area contributed by atoms with Crippen LogP contribution in [0.1, 0.15) is 117 Å². The molecular formula is C43H57N3O5. The molecule has 2 unspecified atom stereocenters. The SMILES string of the molecule is CCc1c(C)[nH]c(C2=C(O)C(=C3N=C(NC(=O)C(C)(C)C)C(C(=O)OC4C(C(C)(C)C)CC(C)CC4C(C)(C)C)=C3c3ccccc3)C2=O)c1C. The van der Waals surface area contributed by atoms with E-state index in [0.29, 0.717) is 22.7 Å². The number of aryl methyl sites for hydroxylation is 1. The molecule has 2 aromatic rings. The number of H-pyrrole nitrogens is 1. The quantitative estimate of drug-likeness (QED) is 0.213. The number of hydrogen-bond donors (Lipinski definition) is 3. The van der Waals surface area contributed by atoms with Crippen LogP contribution in [0, 0.1) is 47.8 Å². The number of allylic oxidation sites excluding steroid dienone is 3. The number of aromatic amines is 1. The highest BCUT2D eigenvalue weighted by Gasteiger charge is 2.50. The number of amides is 1. The molecule has 51 heavy (non-hydrogen) atoms. The standard InChI is InChI=1S/C43H57N3O5/c1-14-26-23(3)33(44-24(26)4)31-35(47)32(36(31)48)34-29(25-18-16-15-17-19-25)30(38(45-34)46-40(50)43(11,12)13)39(49)51-37-27(41(5,6)7)20-22(2)21-28(37)42(8,9)10/h15-19,22,27-28,37,44,47H,14,20-21H2,1-13H3,(H,45,46,50). The average molecular weight is 696 g/mol. The molecule has 1 aliphatic heterocycles. The van der Waals surface area contributed by atoms with Crippen LogP contribution >= 0.6 is 0 Å². The molecule has 1 fully saturated rings. The Morgan fingerprint density at radius 2 is 1.49 bits per heavy atom. The lowest BCUT2D eigenvalue weighted by molar-refractivity contribution is -0.164. The minimum absolute atomic E-state index is 0.00508. The first-order chi connectivity index (χ1) is 23.6. The molecule has 3 aliphatic rings. The number of amidine groups is 1. The second-order valence-electron chi connectivity index (χ2n) is 18.0. The van der Waals surface area contributed by atoms with E-state index in [2.05, 4.69) is 65.7 Å². The van der Waals surface area contributed by atoms with Crippen LogP contribution in [-0.2, 0) is 25.5 Å². The second kappa shape index (κ2) is 13.4. The number of esters is 1. The molecule has 0 radical (unpaired) electrons. The van der Waals surface area contributed by atoms with E-state index in [0.717, 1.165) is 36.1 Å². The summed E-state index contributed by atoms with van der Waals surface area (Å²) in [5.74, 6) is -0.889. The number of benzene rings is 1. The first-order valence-corrected chi connectivity index (χ1v) is 18.4. The molecule has 1 aromatic heterocycles. The third kappa shape index (κ3) is 7.03. The smallest absolute Gasteiger partial charge is 0.342 e. The molecule has 2 aliphatic carbocycles. The van der Waals surface area contributed by atoms with Crippen LogP contribution < -0.4 is 5.32 Å². The van der Waals surface area contributed by atoms with Gasteiger partial charge < -0.3 is 20.1 Å². The molecule has 8 nitrogen and oxygen atoms in total. The summed E-state index contributed by atoms with van der Waals surface area (Å²) in [5.41, 5.74) is 3.80. The van der Waals surface area contributed by atoms with Gasteiger partial charge in [0.25, 0.3) is 0 Å². The van der Waals surface area contributed by atoms with Crippen molar-refractivity contribution in [2.24, 2.45) is 39.0 Å². The Bertz CT molecular complexity index is 1860. The first kappa shape index (κ1) is 38.0. The molecule has 1 amide bonds. The van der Waals surface area contributed by atoms with E-state index in [1.165, 1.54) is 0 Å². The van der Waals surface area contributed by atoms with Gasteiger partial charge in [0.2, 0.25) is 11.7 Å². The van der Waals surface area contributed by atoms with E-state index in [1.807, 2.05) is 44.2 Å². The zero-order valence-electron chi connectivity index (χ0n) is 32.8. The molecular weight excluding hydrogens is 638 g/mol. The molecule has 3 N–H and O–H groups in total. The lowest BCUT2D eigenvalue weighted by atomic mass is 9.59. The number of aliphatic hydroxyl groups is 1. The van der Waals surface area contributed by atoms with Gasteiger partial charge in [-0.3, -0.25) is 9.59 Å². The van der Waals surface area contributed by atoms with Crippen molar-refractivity contribution in [1.82, 2.24) is 10.3 Å². The number of hydrogen-bond acceptors (Lipinski definition) is 6. The van der Waals surface area contributed by atoms with Gasteiger partial charge in [0.05, 0.1) is 22.5 Å². The van der Waals surface area contributed by atoms with Crippen molar-refractivity contribution in [3.63, 3.8) is 0 Å². The number of carbonyl (C=O) groups excluding carboxylic acids is 3. The van der Waals surface area contributed by atoms with E-state index in [9.17, 15) is 19.5 Å². The number of nitrogens with one attached hydrogen (secondary N) is 2. The van der Waals surface area contributed by atoms with Crippen molar-refractivity contribution in [3.05, 3.63) is 81.0 Å². The first-order valence-electron chi connectivity index (χ1n) is 18.4. The van der Waals surface area contributed by atoms with Crippen molar-refractivity contribution >= 4 is 34.6 Å². The van der Waals surface area contributed by atoms with Crippen molar-refractivity contribution in [3.8, 4) is 0 Å². The zero-order valence-corrected chi connectivity index (χ0v) is 32.8. The van der Waals surface area contributed by atoms with Crippen LogP contribution in [0.2, 0.25) is 0 Å². The number of Topliss-reactive ketones (excluding diaryl/α,β-unsaturated/α-hetero) is 1. The van der Waals surface area contributed by atoms with Crippen LogP contribution in [0.3, 0.4) is 0 Å². The Balaban J connectivity index is 1.74. The Labute approximate surface area is 303 Å². The van der Waals surface area contributed by atoms with Gasteiger partial charge in [-0.05, 0) is 66.5 Å². The van der Waals surface area contributed by atoms with Gasteiger partial charge in [-0.2, -0.15) is 0 Å². The van der Waals surface area contributed by atoms with Gasteiger partial charge in [0, 0.05) is 28.5 Å². The molecule has 1 saturated carbocycles. The summed E-state index contributed by atoms with van der Waals surface area (Å²) in [4.78, 5) is 50.7. The van der Waals surface area contributed by atoms with Crippen LogP contribution in [-0.4, -0.2) is 39.7 Å². The highest BCUT2D eigenvalue weighted by molar-refractivity contribution is 6.41. The van der Waals surface area contributed by atoms with Gasteiger partial charge in [-0.15, -0.1) is 0 Å². The van der Waals surface area contributed by atoms with Crippen LogP contribution in [0.15, 0.2) is 57.9 Å². The normalized spacial score (nSPS) is 24.5. The molecule has 0 bridgehead atoms. The number of aliphatic imine (C=N–C) groups is 1. The summed E-state index contributed by atoms with van der Waals surface area (Å²) in [7, 11) is 0. The van der Waals surface area contributed by atoms with Crippen molar-refractivity contribution < 1.29 is 24.2 Å². The van der Waals surface area contributed by atoms with Crippen LogP contribution in [0.5, 0.6) is 0 Å². The molecule has 274 valence electrons. The van der Waals surface area contributed by atoms with Crippen LogP contribution in [0.25, 0.3) is 11.1 Å². The van der Waals surface area contributed by atoms with Gasteiger partial charge in [-0.1, -0.05) is 106 Å². The molecule has 8 heteroatoms. The fraction of sp³-hybridized carbons (Fsp3) is 0.535. The Kier molecular flexibility index (Phi) is 10.0. The number of rotatable bonds is 5. The van der Waals surface area contributed by atoms with Crippen molar-refractivity contribution in [1.29, 1.82) is 0 Å². The zero-order chi connectivity index (χ0) is 38.0. The maximum Gasteiger partial charge on any atom is 0.342 e. The van der Waals surface area contributed by atoms with E-state index in [-0.39, 0.29) is 68.4 Å². The molecule has 2 heterocycles. The average Bonchev–Trinajstić information content (AvgIpc) is 3.51. The fourth-order valence-electron chi connectivity index (χ4n) is 8.09. The largest absolute Gasteiger partial charge is 0.506 e. The van der Waals surface area contributed by atoms with Gasteiger partial charge >= 0.3 is 5.97 Å². The number of ether oxygens (including phenoxy) is 1. The highest BCUT2D eigenvalue weighted by Crippen LogP contribution is 2.51. The topological polar surface area (TPSA) is 121 Å². The third-order valence-electron chi connectivity index (χ3n) is 11.1. The molecule has 2 atom stereocenters. The lowest BCUT2D eigenvalue weighted by Crippen LogP contribution is -2.50. The minimum atomic E-state index is -0.810. The van der Waals surface area contributed by atoms with E-state index in [4.69, 9.17) is 9.73 Å². The molecule has 1 aromatic carbocycles. The van der Waals surface area contributed by atoms with Crippen LogP contribution in [0.4, 0.5) is 0 Å². The Hall–Kier alpha value is -4.20. The lowest BCUT2D eigenvalue weighted by Gasteiger charge is -2.50. The summed E-state index contributed by atoms with van der Waals surface area (Å²) in [6.07, 6.45) is 2.22. The Morgan fingerprint density at radius 3 is 1.96 bits per heavy atom. The number of aliphatic hydroxyl groups excluding tert-OH is 1. The highest BCUT2D eigenvalue weighted by atomic mass is 16.5. The molecule has 0 spiro atoms. The summed E-state index contributed by atoms with van der Waals surface area (Å²) >= 11 is 0. The predicted molar refractivity (Wildman–Crippen MR) is 204 cm³/mol. The molecule has 0 saturated heterocycles. The number of nitrogens with zero attached hydrogens (tertiary/aromatic N) is 1. The van der Waals surface area contributed by atoms with Gasteiger partial charge in [0.1, 0.15) is 23.3 Å². The monoisotopic (exact) mass is 695 g/mol. The van der Waals surface area contributed by atoms with Crippen molar-refractivity contribution in [2.75, 3.05) is 0 Å². The predicted octanol–water partition coefficient (Wildman–Crippen LogP) is 8.99. The third-order valence-corrected chi connectivity index (χ3v) is 11.1. The number of ketones is 1. The van der Waals surface area contributed by atoms with Gasteiger partial charge in [0.15, 0.2) is 0 Å². The molecule has 5 rings (SSSR count). The summed E-state index contributed by atoms with van der Waals surface area (Å²) in [6, 6.07) is 9.22. The van der Waals surface area contributed by atoms with E-state index < -0.39 is 17.5 Å². The van der Waals surface area contributed by atoms with Crippen molar-refractivity contribution in [2.45, 2.75) is 115 Å². The second-order valence-corrected chi connectivity index (χ2v) is 18.0. The maximum atomic E-state index is 14.9. The minimum Gasteiger partial charge on any atom is -0.506 e. The summed E-state index contributed by atoms with van der Waals surface area (Å²) in [5, 5.41) is 14.6. The van der Waals surface area contributed by atoms with E-state index >= 15 is 0 Å². The summed E-state index contributed by atoms with van der Waals surface area (Å²) < 4.78 is 6.70. The number of carbonyl (C=O) groups is 3. The number of aromatic nitrogens is 1. The fourth-order valence-corrected chi connectivity index (χ4v) is 8.09. The van der Waals surface area contributed by atoms with E-state index in [1.54, 1.807) is 20.8 Å².